The van der Waals surface area contributed by atoms with E-state index in [1.165, 1.54) is 0 Å². The van der Waals surface area contributed by atoms with Gasteiger partial charge in [0.25, 0.3) is 5.91 Å². The molecule has 0 fully saturated rings. The average molecular weight is 324 g/mol. The number of hydrogen-bond acceptors (Lipinski definition) is 4. The van der Waals surface area contributed by atoms with E-state index < -0.39 is 0 Å². The van der Waals surface area contributed by atoms with E-state index in [1.807, 2.05) is 37.3 Å². The molecule has 0 heterocycles. The van der Waals surface area contributed by atoms with Crippen LogP contribution in [-0.4, -0.2) is 30.8 Å². The fourth-order valence-electron chi connectivity index (χ4n) is 2.23. The first-order valence-electron chi connectivity index (χ1n) is 7.71. The van der Waals surface area contributed by atoms with Gasteiger partial charge in [-0.3, -0.25) is 4.79 Å². The summed E-state index contributed by atoms with van der Waals surface area (Å²) in [6.45, 7) is 2.42. The molecule has 0 saturated carbocycles. The number of aryl methyl sites for hydroxylation is 1. The van der Waals surface area contributed by atoms with Gasteiger partial charge in [0.15, 0.2) is 0 Å². The molecule has 0 bridgehead atoms. The van der Waals surface area contributed by atoms with Gasteiger partial charge >= 0.3 is 0 Å². The van der Waals surface area contributed by atoms with Gasteiger partial charge < -0.3 is 15.2 Å². The van der Waals surface area contributed by atoms with Crippen molar-refractivity contribution in [3.63, 3.8) is 0 Å². The van der Waals surface area contributed by atoms with Gasteiger partial charge in [-0.1, -0.05) is 29.8 Å². The van der Waals surface area contributed by atoms with E-state index in [4.69, 9.17) is 15.1 Å². The number of benzene rings is 2. The van der Waals surface area contributed by atoms with Gasteiger partial charge in [0.05, 0.1) is 31.0 Å². The molecule has 0 saturated heterocycles. The minimum absolute atomic E-state index is 0.0775. The molecule has 1 atom stereocenters. The summed E-state index contributed by atoms with van der Waals surface area (Å²) in [6, 6.07) is 16.3. The van der Waals surface area contributed by atoms with Crippen LogP contribution < -0.4 is 5.32 Å². The second-order valence-electron chi connectivity index (χ2n) is 5.39. The summed E-state index contributed by atoms with van der Waals surface area (Å²) in [7, 11) is 0. The van der Waals surface area contributed by atoms with Gasteiger partial charge in [0.1, 0.15) is 0 Å². The predicted molar refractivity (Wildman–Crippen MR) is 90.4 cm³/mol. The highest BCUT2D eigenvalue weighted by Crippen LogP contribution is 2.17. The van der Waals surface area contributed by atoms with Crippen molar-refractivity contribution < 1.29 is 14.6 Å². The quantitative estimate of drug-likeness (QED) is 0.819. The summed E-state index contributed by atoms with van der Waals surface area (Å²) in [5.41, 5.74) is 3.07. The maximum atomic E-state index is 12.2. The van der Waals surface area contributed by atoms with Crippen molar-refractivity contribution in [2.75, 3.05) is 19.8 Å². The van der Waals surface area contributed by atoms with Crippen molar-refractivity contribution in [2.45, 2.75) is 13.0 Å². The molecule has 2 aromatic rings. The van der Waals surface area contributed by atoms with Crippen LogP contribution in [-0.2, 0) is 4.74 Å². The van der Waals surface area contributed by atoms with Crippen LogP contribution in [0.5, 0.6) is 0 Å². The molecule has 2 aromatic carbocycles. The highest BCUT2D eigenvalue weighted by molar-refractivity contribution is 5.94. The first kappa shape index (κ1) is 17.7. The second-order valence-corrected chi connectivity index (χ2v) is 5.39. The Morgan fingerprint density at radius 2 is 1.88 bits per heavy atom. The molecule has 5 heteroatoms. The number of rotatable bonds is 7. The predicted octanol–water partition coefficient (Wildman–Crippen LogP) is 2.35. The number of aliphatic hydroxyl groups is 1. The Bertz CT molecular complexity index is 703. The number of nitriles is 1. The van der Waals surface area contributed by atoms with Crippen molar-refractivity contribution in [1.82, 2.24) is 5.32 Å². The summed E-state index contributed by atoms with van der Waals surface area (Å²) < 4.78 is 5.63. The maximum absolute atomic E-state index is 12.2. The Kier molecular flexibility index (Phi) is 6.50. The maximum Gasteiger partial charge on any atom is 0.251 e. The Labute approximate surface area is 141 Å². The molecule has 0 aromatic heterocycles. The molecule has 0 aliphatic heterocycles. The summed E-state index contributed by atoms with van der Waals surface area (Å²) in [4.78, 5) is 12.2. The zero-order valence-corrected chi connectivity index (χ0v) is 13.5. The van der Waals surface area contributed by atoms with Crippen LogP contribution in [0.15, 0.2) is 48.5 Å². The van der Waals surface area contributed by atoms with Gasteiger partial charge in [0, 0.05) is 12.1 Å². The SMILES string of the molecule is Cc1ccc(C(CNC(=O)c2ccc(C#N)cc2)OCCO)cc1. The largest absolute Gasteiger partial charge is 0.394 e. The minimum atomic E-state index is -0.333. The van der Waals surface area contributed by atoms with Gasteiger partial charge in [-0.25, -0.2) is 0 Å². The van der Waals surface area contributed by atoms with Crippen molar-refractivity contribution >= 4 is 5.91 Å². The molecule has 0 spiro atoms. The first-order chi connectivity index (χ1) is 11.6. The normalized spacial score (nSPS) is 11.5. The van der Waals surface area contributed by atoms with E-state index >= 15 is 0 Å². The van der Waals surface area contributed by atoms with E-state index in [-0.39, 0.29) is 25.2 Å². The van der Waals surface area contributed by atoms with E-state index in [2.05, 4.69) is 5.32 Å². The van der Waals surface area contributed by atoms with Crippen LogP contribution in [0.2, 0.25) is 0 Å². The van der Waals surface area contributed by atoms with Gasteiger partial charge in [0.2, 0.25) is 0 Å². The van der Waals surface area contributed by atoms with E-state index in [9.17, 15) is 4.79 Å². The van der Waals surface area contributed by atoms with E-state index in [0.717, 1.165) is 11.1 Å². The van der Waals surface area contributed by atoms with E-state index in [1.54, 1.807) is 24.3 Å². The lowest BCUT2D eigenvalue weighted by Crippen LogP contribution is -2.30. The van der Waals surface area contributed by atoms with Crippen LogP contribution >= 0.6 is 0 Å². The number of ether oxygens (including phenoxy) is 1. The number of amides is 1. The average Bonchev–Trinajstić information content (AvgIpc) is 2.62. The van der Waals surface area contributed by atoms with Crippen molar-refractivity contribution in [3.05, 3.63) is 70.8 Å². The summed E-state index contributed by atoms with van der Waals surface area (Å²) in [5.74, 6) is -0.232. The third kappa shape index (κ3) is 4.92. The Balaban J connectivity index is 2.02. The van der Waals surface area contributed by atoms with Gasteiger partial charge in [-0.05, 0) is 36.8 Å². The monoisotopic (exact) mass is 324 g/mol. The Morgan fingerprint density at radius 3 is 2.46 bits per heavy atom. The summed E-state index contributed by atoms with van der Waals surface area (Å²) >= 11 is 0. The topological polar surface area (TPSA) is 82.4 Å². The van der Waals surface area contributed by atoms with Crippen LogP contribution in [0.1, 0.15) is 33.2 Å². The molecular weight excluding hydrogens is 304 g/mol. The van der Waals surface area contributed by atoms with Crippen molar-refractivity contribution in [3.8, 4) is 6.07 Å². The molecule has 1 amide bonds. The lowest BCUT2D eigenvalue weighted by Gasteiger charge is -2.19. The first-order valence-corrected chi connectivity index (χ1v) is 7.71. The summed E-state index contributed by atoms with van der Waals surface area (Å²) in [6.07, 6.45) is -0.333. The highest BCUT2D eigenvalue weighted by atomic mass is 16.5. The molecule has 0 radical (unpaired) electrons. The zero-order valence-electron chi connectivity index (χ0n) is 13.5. The molecule has 2 N–H and O–H groups in total. The van der Waals surface area contributed by atoms with E-state index in [0.29, 0.717) is 17.7 Å². The molecule has 24 heavy (non-hydrogen) atoms. The molecule has 5 nitrogen and oxygen atoms in total. The summed E-state index contributed by atoms with van der Waals surface area (Å²) in [5, 5.41) is 20.6. The number of nitrogens with one attached hydrogen (secondary N) is 1. The van der Waals surface area contributed by atoms with Crippen LogP contribution in [0, 0.1) is 18.3 Å². The lowest BCUT2D eigenvalue weighted by atomic mass is 10.1. The second kappa shape index (κ2) is 8.82. The molecule has 2 rings (SSSR count). The van der Waals surface area contributed by atoms with Gasteiger partial charge in [-0.15, -0.1) is 0 Å². The molecular formula is C19H20N2O3. The zero-order chi connectivity index (χ0) is 17.4. The highest BCUT2D eigenvalue weighted by Gasteiger charge is 2.14. The van der Waals surface area contributed by atoms with Crippen LogP contribution in [0.3, 0.4) is 0 Å². The lowest BCUT2D eigenvalue weighted by molar-refractivity contribution is 0.0277. The Morgan fingerprint density at radius 1 is 1.21 bits per heavy atom. The third-order valence-corrected chi connectivity index (χ3v) is 3.58. The minimum Gasteiger partial charge on any atom is -0.394 e. The number of aliphatic hydroxyl groups excluding tert-OH is 1. The van der Waals surface area contributed by atoms with Gasteiger partial charge in [-0.2, -0.15) is 5.26 Å². The number of carbonyl (C=O) groups excluding carboxylic acids is 1. The van der Waals surface area contributed by atoms with Crippen LogP contribution in [0.25, 0.3) is 0 Å². The fraction of sp³-hybridized carbons (Fsp3) is 0.263. The standard InChI is InChI=1S/C19H20N2O3/c1-14-2-6-16(7-3-14)18(24-11-10-22)13-21-19(23)17-8-4-15(12-20)5-9-17/h2-9,18,22H,10-11,13H2,1H3,(H,21,23). The van der Waals surface area contributed by atoms with Crippen molar-refractivity contribution in [2.24, 2.45) is 0 Å². The van der Waals surface area contributed by atoms with Crippen molar-refractivity contribution in [1.29, 1.82) is 5.26 Å². The molecule has 0 aliphatic carbocycles. The molecule has 1 unspecified atom stereocenters. The molecule has 124 valence electrons. The Hall–Kier alpha value is -2.68. The fourth-order valence-corrected chi connectivity index (χ4v) is 2.23. The smallest absolute Gasteiger partial charge is 0.251 e. The number of carbonyl (C=O) groups is 1. The van der Waals surface area contributed by atoms with Crippen LogP contribution in [0.4, 0.5) is 0 Å². The molecule has 0 aliphatic rings. The number of hydrogen-bond donors (Lipinski definition) is 2. The number of nitrogens with zero attached hydrogens (tertiary/aromatic N) is 1. The third-order valence-electron chi connectivity index (χ3n) is 3.58.